The van der Waals surface area contributed by atoms with Crippen LogP contribution in [0.3, 0.4) is 0 Å². The molecule has 0 aliphatic carbocycles. The van der Waals surface area contributed by atoms with Crippen molar-refractivity contribution >= 4 is 5.69 Å². The fraction of sp³-hybridized carbons (Fsp3) is 0.0625. The largest absolute Gasteiger partial charge is 0.388 e. The number of aromatic nitrogens is 2. The van der Waals surface area contributed by atoms with Gasteiger partial charge in [-0.3, -0.25) is 0 Å². The SMILES string of the molecule is CNc1ccc(-c2ncc(-c3ccccc3F)[nH]2)cc1. The molecular weight excluding hydrogens is 253 g/mol. The molecule has 20 heavy (non-hydrogen) atoms. The summed E-state index contributed by atoms with van der Waals surface area (Å²) < 4.78 is 13.7. The van der Waals surface area contributed by atoms with Gasteiger partial charge in [-0.1, -0.05) is 12.1 Å². The zero-order valence-electron chi connectivity index (χ0n) is 11.0. The second-order valence-electron chi connectivity index (χ2n) is 4.45. The van der Waals surface area contributed by atoms with Gasteiger partial charge in [0.05, 0.1) is 11.9 Å². The van der Waals surface area contributed by atoms with Gasteiger partial charge >= 0.3 is 0 Å². The number of imidazole rings is 1. The first-order valence-electron chi connectivity index (χ1n) is 6.36. The van der Waals surface area contributed by atoms with E-state index in [4.69, 9.17) is 0 Å². The van der Waals surface area contributed by atoms with E-state index in [9.17, 15) is 4.39 Å². The lowest BCUT2D eigenvalue weighted by atomic mass is 10.1. The molecule has 0 unspecified atom stereocenters. The number of hydrogen-bond donors (Lipinski definition) is 2. The standard InChI is InChI=1S/C16H14FN3/c1-18-12-8-6-11(7-9-12)16-19-10-15(20-16)13-4-2-3-5-14(13)17/h2-10,18H,1H3,(H,19,20). The maximum Gasteiger partial charge on any atom is 0.137 e. The molecule has 1 aromatic heterocycles. The minimum atomic E-state index is -0.256. The summed E-state index contributed by atoms with van der Waals surface area (Å²) in [4.78, 5) is 7.47. The summed E-state index contributed by atoms with van der Waals surface area (Å²) in [7, 11) is 1.87. The molecule has 0 radical (unpaired) electrons. The monoisotopic (exact) mass is 267 g/mol. The van der Waals surface area contributed by atoms with Gasteiger partial charge in [0, 0.05) is 23.9 Å². The molecule has 0 atom stereocenters. The number of nitrogens with one attached hydrogen (secondary N) is 2. The van der Waals surface area contributed by atoms with E-state index < -0.39 is 0 Å². The molecule has 0 saturated carbocycles. The average Bonchev–Trinajstić information content (AvgIpc) is 2.97. The van der Waals surface area contributed by atoms with Crippen LogP contribution in [0.1, 0.15) is 0 Å². The Bertz CT molecular complexity index is 717. The summed E-state index contributed by atoms with van der Waals surface area (Å²) >= 11 is 0. The molecule has 0 fully saturated rings. The zero-order chi connectivity index (χ0) is 13.9. The molecule has 2 aromatic carbocycles. The number of H-pyrrole nitrogens is 1. The third-order valence-electron chi connectivity index (χ3n) is 3.19. The normalized spacial score (nSPS) is 10.5. The van der Waals surface area contributed by atoms with Crippen LogP contribution in [0.2, 0.25) is 0 Å². The lowest BCUT2D eigenvalue weighted by Gasteiger charge is -2.01. The second-order valence-corrected chi connectivity index (χ2v) is 4.45. The van der Waals surface area contributed by atoms with Crippen LogP contribution in [-0.4, -0.2) is 17.0 Å². The molecule has 0 saturated heterocycles. The van der Waals surface area contributed by atoms with Crippen LogP contribution in [0.15, 0.2) is 54.7 Å². The van der Waals surface area contributed by atoms with Gasteiger partial charge in [-0.05, 0) is 36.4 Å². The molecule has 100 valence electrons. The third-order valence-corrected chi connectivity index (χ3v) is 3.19. The fourth-order valence-corrected chi connectivity index (χ4v) is 2.08. The Morgan fingerprint density at radius 2 is 1.80 bits per heavy atom. The van der Waals surface area contributed by atoms with E-state index in [1.54, 1.807) is 24.4 Å². The Morgan fingerprint density at radius 3 is 2.50 bits per heavy atom. The highest BCUT2D eigenvalue weighted by Gasteiger charge is 2.08. The van der Waals surface area contributed by atoms with E-state index >= 15 is 0 Å². The molecule has 1 heterocycles. The molecule has 4 heteroatoms. The molecule has 3 aromatic rings. The van der Waals surface area contributed by atoms with Crippen LogP contribution in [0.25, 0.3) is 22.6 Å². The fourth-order valence-electron chi connectivity index (χ4n) is 2.08. The van der Waals surface area contributed by atoms with Crippen LogP contribution in [0.5, 0.6) is 0 Å². The van der Waals surface area contributed by atoms with Crippen molar-refractivity contribution in [1.82, 2.24) is 9.97 Å². The minimum Gasteiger partial charge on any atom is -0.388 e. The highest BCUT2D eigenvalue weighted by Crippen LogP contribution is 2.24. The van der Waals surface area contributed by atoms with Gasteiger partial charge in [0.1, 0.15) is 11.6 Å². The molecule has 0 aliphatic heterocycles. The predicted octanol–water partition coefficient (Wildman–Crippen LogP) is 3.92. The zero-order valence-corrected chi connectivity index (χ0v) is 11.0. The highest BCUT2D eigenvalue weighted by molar-refractivity contribution is 5.66. The van der Waals surface area contributed by atoms with Crippen molar-refractivity contribution in [2.45, 2.75) is 0 Å². The summed E-state index contributed by atoms with van der Waals surface area (Å²) in [6, 6.07) is 14.5. The maximum absolute atomic E-state index is 13.7. The predicted molar refractivity (Wildman–Crippen MR) is 79.0 cm³/mol. The molecular formula is C16H14FN3. The first-order chi connectivity index (χ1) is 9.78. The first kappa shape index (κ1) is 12.4. The van der Waals surface area contributed by atoms with Crippen LogP contribution in [-0.2, 0) is 0 Å². The third kappa shape index (κ3) is 2.28. The van der Waals surface area contributed by atoms with Crippen molar-refractivity contribution in [3.05, 3.63) is 60.5 Å². The number of rotatable bonds is 3. The van der Waals surface area contributed by atoms with Crippen molar-refractivity contribution in [2.24, 2.45) is 0 Å². The molecule has 0 amide bonds. The van der Waals surface area contributed by atoms with Crippen molar-refractivity contribution in [2.75, 3.05) is 12.4 Å². The quantitative estimate of drug-likeness (QED) is 0.755. The highest BCUT2D eigenvalue weighted by atomic mass is 19.1. The smallest absolute Gasteiger partial charge is 0.137 e. The summed E-state index contributed by atoms with van der Waals surface area (Å²) in [5, 5.41) is 3.06. The number of halogens is 1. The topological polar surface area (TPSA) is 40.7 Å². The Hall–Kier alpha value is -2.62. The number of anilines is 1. The first-order valence-corrected chi connectivity index (χ1v) is 6.36. The summed E-state index contributed by atoms with van der Waals surface area (Å²) in [5.74, 6) is 0.471. The van der Waals surface area contributed by atoms with Crippen molar-refractivity contribution in [3.8, 4) is 22.6 Å². The number of hydrogen-bond acceptors (Lipinski definition) is 2. The van der Waals surface area contributed by atoms with Gasteiger partial charge in [-0.25, -0.2) is 9.37 Å². The van der Waals surface area contributed by atoms with Gasteiger partial charge in [0.2, 0.25) is 0 Å². The lowest BCUT2D eigenvalue weighted by molar-refractivity contribution is 0.631. The van der Waals surface area contributed by atoms with E-state index in [0.717, 1.165) is 17.1 Å². The van der Waals surface area contributed by atoms with Crippen molar-refractivity contribution in [1.29, 1.82) is 0 Å². The number of aromatic amines is 1. The molecule has 0 spiro atoms. The van der Waals surface area contributed by atoms with Crippen LogP contribution in [0, 0.1) is 5.82 Å². The molecule has 3 nitrogen and oxygen atoms in total. The van der Waals surface area contributed by atoms with E-state index in [1.807, 2.05) is 31.3 Å². The Balaban J connectivity index is 1.95. The molecule has 0 bridgehead atoms. The maximum atomic E-state index is 13.7. The average molecular weight is 267 g/mol. The van der Waals surface area contributed by atoms with Crippen LogP contribution in [0.4, 0.5) is 10.1 Å². The summed E-state index contributed by atoms with van der Waals surface area (Å²) in [6.45, 7) is 0. The lowest BCUT2D eigenvalue weighted by Crippen LogP contribution is -1.88. The summed E-state index contributed by atoms with van der Waals surface area (Å²) in [6.07, 6.45) is 1.65. The van der Waals surface area contributed by atoms with E-state index in [2.05, 4.69) is 15.3 Å². The second kappa shape index (κ2) is 5.17. The molecule has 0 aliphatic rings. The van der Waals surface area contributed by atoms with Gasteiger partial charge < -0.3 is 10.3 Å². The van der Waals surface area contributed by atoms with E-state index in [1.165, 1.54) is 6.07 Å². The Morgan fingerprint density at radius 1 is 1.05 bits per heavy atom. The van der Waals surface area contributed by atoms with Gasteiger partial charge in [0.15, 0.2) is 0 Å². The number of benzene rings is 2. The van der Waals surface area contributed by atoms with Crippen molar-refractivity contribution < 1.29 is 4.39 Å². The van der Waals surface area contributed by atoms with E-state index in [0.29, 0.717) is 11.3 Å². The molecule has 2 N–H and O–H groups in total. The van der Waals surface area contributed by atoms with E-state index in [-0.39, 0.29) is 5.82 Å². The Kier molecular flexibility index (Phi) is 3.21. The van der Waals surface area contributed by atoms with Gasteiger partial charge in [0.25, 0.3) is 0 Å². The number of nitrogens with zero attached hydrogens (tertiary/aromatic N) is 1. The van der Waals surface area contributed by atoms with Gasteiger partial charge in [-0.15, -0.1) is 0 Å². The van der Waals surface area contributed by atoms with Gasteiger partial charge in [-0.2, -0.15) is 0 Å². The minimum absolute atomic E-state index is 0.256. The van der Waals surface area contributed by atoms with Crippen molar-refractivity contribution in [3.63, 3.8) is 0 Å². The summed E-state index contributed by atoms with van der Waals surface area (Å²) in [5.41, 5.74) is 3.20. The Labute approximate surface area is 116 Å². The van der Waals surface area contributed by atoms with Crippen LogP contribution < -0.4 is 5.32 Å². The molecule has 3 rings (SSSR count). The van der Waals surface area contributed by atoms with Crippen LogP contribution >= 0.6 is 0 Å².